The molecule has 1 aliphatic heterocycles. The maximum absolute atomic E-state index is 12.8. The first-order chi connectivity index (χ1) is 14.1. The molecule has 0 saturated carbocycles. The van der Waals surface area contributed by atoms with Gasteiger partial charge in [0.2, 0.25) is 0 Å². The molecule has 1 saturated heterocycles. The summed E-state index contributed by atoms with van der Waals surface area (Å²) in [6.45, 7) is 9.25. The van der Waals surface area contributed by atoms with Crippen LogP contribution in [0.4, 0.5) is 5.69 Å². The van der Waals surface area contributed by atoms with Gasteiger partial charge in [0.15, 0.2) is 6.04 Å². The zero-order valence-electron chi connectivity index (χ0n) is 17.7. The van der Waals surface area contributed by atoms with Gasteiger partial charge in [-0.15, -0.1) is 0 Å². The van der Waals surface area contributed by atoms with Gasteiger partial charge in [-0.2, -0.15) is 0 Å². The Hall–Kier alpha value is -2.63. The van der Waals surface area contributed by atoms with E-state index in [4.69, 9.17) is 4.74 Å². The maximum Gasteiger partial charge on any atom is 0.282 e. The quantitative estimate of drug-likeness (QED) is 0.650. The molecule has 0 unspecified atom stereocenters. The summed E-state index contributed by atoms with van der Waals surface area (Å²) in [4.78, 5) is 15.7. The van der Waals surface area contributed by atoms with Crippen LogP contribution < -0.4 is 19.9 Å². The smallest absolute Gasteiger partial charge is 0.282 e. The van der Waals surface area contributed by atoms with Crippen molar-refractivity contribution in [3.63, 3.8) is 0 Å². The lowest BCUT2D eigenvalue weighted by Gasteiger charge is -2.32. The summed E-state index contributed by atoms with van der Waals surface area (Å²) in [5.74, 6) is 0.752. The molecule has 1 fully saturated rings. The number of rotatable bonds is 7. The van der Waals surface area contributed by atoms with Crippen molar-refractivity contribution in [1.82, 2.24) is 0 Å². The van der Waals surface area contributed by atoms with Gasteiger partial charge in [0.1, 0.15) is 31.9 Å². The topological polar surface area (TPSA) is 47.2 Å². The highest BCUT2D eigenvalue weighted by molar-refractivity contribution is 5.95. The molecule has 5 heteroatoms. The zero-order chi connectivity index (χ0) is 20.6. The molecular weight excluding hydrogens is 362 g/mol. The minimum atomic E-state index is -0.0818. The molecule has 1 heterocycles. The van der Waals surface area contributed by atoms with Crippen LogP contribution in [0.25, 0.3) is 6.08 Å². The van der Waals surface area contributed by atoms with E-state index in [2.05, 4.69) is 41.7 Å². The fourth-order valence-corrected chi connectivity index (χ4v) is 3.83. The SMILES string of the molecule is COc1ccc(C)cc1NC(=O)[C@H](C)[NH+]1CC[NH+](C/C=C/c2ccccc2)CC1. The van der Waals surface area contributed by atoms with Crippen molar-refractivity contribution >= 4 is 17.7 Å². The van der Waals surface area contributed by atoms with Crippen LogP contribution in [0.5, 0.6) is 5.75 Å². The number of piperazine rings is 1. The van der Waals surface area contributed by atoms with Crippen LogP contribution in [-0.4, -0.2) is 51.8 Å². The molecular formula is C24H33N3O2+2. The Morgan fingerprint density at radius 2 is 1.86 bits per heavy atom. The Balaban J connectivity index is 1.48. The molecule has 0 aliphatic carbocycles. The van der Waals surface area contributed by atoms with Gasteiger partial charge in [-0.25, -0.2) is 0 Å². The summed E-state index contributed by atoms with van der Waals surface area (Å²) in [7, 11) is 1.63. The van der Waals surface area contributed by atoms with Gasteiger partial charge in [0.25, 0.3) is 5.91 Å². The predicted octanol–water partition coefficient (Wildman–Crippen LogP) is 0.827. The van der Waals surface area contributed by atoms with Gasteiger partial charge in [-0.05, 0) is 43.2 Å². The highest BCUT2D eigenvalue weighted by Crippen LogP contribution is 2.25. The number of methoxy groups -OCH3 is 1. The van der Waals surface area contributed by atoms with E-state index in [0.29, 0.717) is 5.75 Å². The van der Waals surface area contributed by atoms with E-state index in [1.54, 1.807) is 12.0 Å². The number of carbonyl (C=O) groups is 1. The third-order valence-electron chi connectivity index (χ3n) is 5.73. The fraction of sp³-hybridized carbons (Fsp3) is 0.375. The van der Waals surface area contributed by atoms with Gasteiger partial charge in [-0.1, -0.05) is 42.5 Å². The summed E-state index contributed by atoms with van der Waals surface area (Å²) < 4.78 is 5.38. The highest BCUT2D eigenvalue weighted by Gasteiger charge is 2.31. The van der Waals surface area contributed by atoms with Crippen molar-refractivity contribution in [3.8, 4) is 5.75 Å². The summed E-state index contributed by atoms with van der Waals surface area (Å²) in [5.41, 5.74) is 3.09. The highest BCUT2D eigenvalue weighted by atomic mass is 16.5. The third-order valence-corrected chi connectivity index (χ3v) is 5.73. The van der Waals surface area contributed by atoms with E-state index in [1.807, 2.05) is 38.1 Å². The van der Waals surface area contributed by atoms with Crippen molar-refractivity contribution < 1.29 is 19.3 Å². The van der Waals surface area contributed by atoms with Crippen LogP contribution in [0.2, 0.25) is 0 Å². The average molecular weight is 396 g/mol. The molecule has 1 atom stereocenters. The lowest BCUT2D eigenvalue weighted by Crippen LogP contribution is -3.29. The van der Waals surface area contributed by atoms with Crippen LogP contribution in [0.1, 0.15) is 18.1 Å². The third kappa shape index (κ3) is 5.92. The van der Waals surface area contributed by atoms with Crippen LogP contribution in [0.3, 0.4) is 0 Å². The predicted molar refractivity (Wildman–Crippen MR) is 118 cm³/mol. The van der Waals surface area contributed by atoms with E-state index < -0.39 is 0 Å². The second kappa shape index (κ2) is 10.2. The van der Waals surface area contributed by atoms with Gasteiger partial charge >= 0.3 is 0 Å². The van der Waals surface area contributed by atoms with Crippen LogP contribution in [-0.2, 0) is 4.79 Å². The second-order valence-corrected chi connectivity index (χ2v) is 7.84. The minimum Gasteiger partial charge on any atom is -0.495 e. The average Bonchev–Trinajstić information content (AvgIpc) is 2.74. The molecule has 1 aliphatic rings. The summed E-state index contributed by atoms with van der Waals surface area (Å²) in [5, 5.41) is 3.06. The van der Waals surface area contributed by atoms with Gasteiger partial charge in [0.05, 0.1) is 19.3 Å². The number of ether oxygens (including phenoxy) is 1. The van der Waals surface area contributed by atoms with Crippen LogP contribution in [0, 0.1) is 6.92 Å². The number of amides is 1. The Kier molecular flexibility index (Phi) is 7.44. The molecule has 3 rings (SSSR count). The van der Waals surface area contributed by atoms with E-state index in [0.717, 1.165) is 44.0 Å². The first-order valence-electron chi connectivity index (χ1n) is 10.4. The molecule has 29 heavy (non-hydrogen) atoms. The summed E-state index contributed by atoms with van der Waals surface area (Å²) in [6.07, 6.45) is 4.45. The molecule has 2 aromatic rings. The van der Waals surface area contributed by atoms with Crippen molar-refractivity contribution in [2.24, 2.45) is 0 Å². The molecule has 2 aromatic carbocycles. The number of nitrogens with one attached hydrogen (secondary N) is 3. The molecule has 0 radical (unpaired) electrons. The molecule has 0 bridgehead atoms. The Morgan fingerprint density at radius 3 is 2.55 bits per heavy atom. The summed E-state index contributed by atoms with van der Waals surface area (Å²) in [6, 6.07) is 16.2. The lowest BCUT2D eigenvalue weighted by molar-refractivity contribution is -1.02. The van der Waals surface area contributed by atoms with Crippen LogP contribution in [0.15, 0.2) is 54.6 Å². The van der Waals surface area contributed by atoms with Crippen molar-refractivity contribution in [3.05, 3.63) is 65.7 Å². The Bertz CT molecular complexity index is 827. The number of aryl methyl sites for hydroxylation is 1. The van der Waals surface area contributed by atoms with Gasteiger partial charge < -0.3 is 19.9 Å². The number of quaternary nitrogens is 2. The first-order valence-corrected chi connectivity index (χ1v) is 10.4. The van der Waals surface area contributed by atoms with E-state index in [1.165, 1.54) is 10.5 Å². The molecule has 5 nitrogen and oxygen atoms in total. The lowest BCUT2D eigenvalue weighted by atomic mass is 10.1. The number of carbonyl (C=O) groups excluding carboxylic acids is 1. The monoisotopic (exact) mass is 395 g/mol. The van der Waals surface area contributed by atoms with Crippen molar-refractivity contribution in [2.45, 2.75) is 19.9 Å². The Morgan fingerprint density at radius 1 is 1.14 bits per heavy atom. The zero-order valence-corrected chi connectivity index (χ0v) is 17.7. The molecule has 3 N–H and O–H groups in total. The maximum atomic E-state index is 12.8. The van der Waals surface area contributed by atoms with Gasteiger partial charge in [-0.3, -0.25) is 4.79 Å². The van der Waals surface area contributed by atoms with Gasteiger partial charge in [0, 0.05) is 0 Å². The molecule has 154 valence electrons. The normalized spacial score (nSPS) is 20.4. The first kappa shape index (κ1) is 21.1. The van der Waals surface area contributed by atoms with E-state index in [-0.39, 0.29) is 11.9 Å². The summed E-state index contributed by atoms with van der Waals surface area (Å²) >= 11 is 0. The number of hydrogen-bond donors (Lipinski definition) is 3. The van der Waals surface area contributed by atoms with Crippen molar-refractivity contribution in [1.29, 1.82) is 0 Å². The molecule has 1 amide bonds. The fourth-order valence-electron chi connectivity index (χ4n) is 3.83. The minimum absolute atomic E-state index is 0.0522. The Labute approximate surface area is 174 Å². The second-order valence-electron chi connectivity index (χ2n) is 7.84. The van der Waals surface area contributed by atoms with Crippen LogP contribution >= 0.6 is 0 Å². The molecule has 0 aromatic heterocycles. The van der Waals surface area contributed by atoms with E-state index in [9.17, 15) is 4.79 Å². The standard InChI is InChI=1S/C24H31N3O2/c1-19-11-12-23(29-3)22(18-19)25-24(28)20(2)27-16-14-26(15-17-27)13-7-10-21-8-5-4-6-9-21/h4-12,18,20H,13-17H2,1-3H3,(H,25,28)/p+2/b10-7+/t20-/m0/s1. The number of anilines is 1. The van der Waals surface area contributed by atoms with E-state index >= 15 is 0 Å². The van der Waals surface area contributed by atoms with Crippen molar-refractivity contribution in [2.75, 3.05) is 45.2 Å². The number of benzene rings is 2. The molecule has 0 spiro atoms. The largest absolute Gasteiger partial charge is 0.495 e. The number of hydrogen-bond acceptors (Lipinski definition) is 2.